The zero-order valence-corrected chi connectivity index (χ0v) is 14.2. The fraction of sp³-hybridized carbons (Fsp3) is 0.211. The Balaban J connectivity index is 2.02. The minimum Gasteiger partial charge on any atom is -0.465 e. The van der Waals surface area contributed by atoms with Gasteiger partial charge in [0.25, 0.3) is 0 Å². The Bertz CT molecular complexity index is 759. The van der Waals surface area contributed by atoms with Crippen molar-refractivity contribution in [1.82, 2.24) is 0 Å². The van der Waals surface area contributed by atoms with Crippen LogP contribution in [0, 0.1) is 0 Å². The lowest BCUT2D eigenvalue weighted by molar-refractivity contribution is -0.125. The summed E-state index contributed by atoms with van der Waals surface area (Å²) < 4.78 is 4.64. The Kier molecular flexibility index (Phi) is 6.28. The van der Waals surface area contributed by atoms with E-state index in [1.807, 2.05) is 37.3 Å². The number of esters is 1. The average Bonchev–Trinajstić information content (AvgIpc) is 2.62. The first kappa shape index (κ1) is 18.2. The number of amides is 2. The molecule has 25 heavy (non-hydrogen) atoms. The van der Waals surface area contributed by atoms with E-state index in [1.54, 1.807) is 23.1 Å². The second-order valence-electron chi connectivity index (χ2n) is 5.27. The normalized spacial score (nSPS) is 10.0. The average molecular weight is 340 g/mol. The number of rotatable bonds is 6. The number of ether oxygens (including phenoxy) is 1. The fourth-order valence-corrected chi connectivity index (χ4v) is 2.39. The van der Waals surface area contributed by atoms with Crippen molar-refractivity contribution in [3.05, 3.63) is 60.2 Å². The zero-order valence-electron chi connectivity index (χ0n) is 14.2. The van der Waals surface area contributed by atoms with E-state index in [0.29, 0.717) is 17.8 Å². The molecule has 2 amide bonds. The van der Waals surface area contributed by atoms with Gasteiger partial charge in [0.2, 0.25) is 11.8 Å². The highest BCUT2D eigenvalue weighted by Gasteiger charge is 2.18. The summed E-state index contributed by atoms with van der Waals surface area (Å²) in [5, 5.41) is 2.63. The van der Waals surface area contributed by atoms with Gasteiger partial charge in [-0.05, 0) is 37.3 Å². The molecular formula is C19H20N2O4. The van der Waals surface area contributed by atoms with Crippen LogP contribution in [0.15, 0.2) is 54.6 Å². The largest absolute Gasteiger partial charge is 0.465 e. The molecule has 6 heteroatoms. The molecule has 130 valence electrons. The first-order valence-electron chi connectivity index (χ1n) is 7.88. The molecule has 6 nitrogen and oxygen atoms in total. The second kappa shape index (κ2) is 8.63. The molecule has 0 saturated heterocycles. The molecule has 2 aromatic carbocycles. The number of carbonyl (C=O) groups is 3. The third kappa shape index (κ3) is 4.91. The Hall–Kier alpha value is -3.15. The number of nitrogens with zero attached hydrogens (tertiary/aromatic N) is 1. The van der Waals surface area contributed by atoms with Crippen LogP contribution >= 0.6 is 0 Å². The van der Waals surface area contributed by atoms with Crippen molar-refractivity contribution in [2.45, 2.75) is 13.3 Å². The van der Waals surface area contributed by atoms with Gasteiger partial charge in [0, 0.05) is 17.9 Å². The number of carbonyl (C=O) groups excluding carboxylic acids is 3. The smallest absolute Gasteiger partial charge is 0.337 e. The highest BCUT2D eigenvalue weighted by molar-refractivity contribution is 6.09. The third-order valence-electron chi connectivity index (χ3n) is 3.56. The molecule has 0 fully saturated rings. The van der Waals surface area contributed by atoms with Crippen LogP contribution in [-0.4, -0.2) is 31.4 Å². The summed E-state index contributed by atoms with van der Waals surface area (Å²) in [5.74, 6) is -1.23. The summed E-state index contributed by atoms with van der Waals surface area (Å²) in [6.45, 7) is 2.32. The molecule has 1 N–H and O–H groups in total. The number of methoxy groups -OCH3 is 1. The maximum absolute atomic E-state index is 12.4. The molecule has 2 aromatic rings. The molecule has 2 rings (SSSR count). The van der Waals surface area contributed by atoms with E-state index < -0.39 is 11.9 Å². The minimum absolute atomic E-state index is 0.287. The molecule has 0 aliphatic carbocycles. The van der Waals surface area contributed by atoms with E-state index in [1.165, 1.54) is 13.2 Å². The van der Waals surface area contributed by atoms with Crippen LogP contribution in [0.2, 0.25) is 0 Å². The Morgan fingerprint density at radius 2 is 1.76 bits per heavy atom. The van der Waals surface area contributed by atoms with E-state index in [9.17, 15) is 14.4 Å². The Morgan fingerprint density at radius 3 is 2.40 bits per heavy atom. The van der Waals surface area contributed by atoms with Crippen LogP contribution in [0.25, 0.3) is 0 Å². The van der Waals surface area contributed by atoms with E-state index in [4.69, 9.17) is 0 Å². The van der Waals surface area contributed by atoms with Gasteiger partial charge in [-0.3, -0.25) is 9.59 Å². The van der Waals surface area contributed by atoms with Crippen LogP contribution in [-0.2, 0) is 14.3 Å². The molecule has 0 bridgehead atoms. The van der Waals surface area contributed by atoms with E-state index >= 15 is 0 Å². The summed E-state index contributed by atoms with van der Waals surface area (Å²) in [7, 11) is 1.29. The molecule has 0 aliphatic heterocycles. The maximum atomic E-state index is 12.4. The quantitative estimate of drug-likeness (QED) is 0.648. The SMILES string of the molecule is CCN(C(=O)CC(=O)Nc1cccc(C(=O)OC)c1)c1ccccc1. The Labute approximate surface area is 146 Å². The molecule has 0 aliphatic rings. The van der Waals surface area contributed by atoms with Gasteiger partial charge in [-0.25, -0.2) is 4.79 Å². The van der Waals surface area contributed by atoms with Crippen LogP contribution in [0.3, 0.4) is 0 Å². The van der Waals surface area contributed by atoms with Gasteiger partial charge >= 0.3 is 5.97 Å². The molecule has 0 spiro atoms. The molecule has 0 atom stereocenters. The lowest BCUT2D eigenvalue weighted by Gasteiger charge is -2.20. The van der Waals surface area contributed by atoms with Crippen molar-refractivity contribution in [2.75, 3.05) is 23.9 Å². The summed E-state index contributed by atoms with van der Waals surface area (Å²) >= 11 is 0. The van der Waals surface area contributed by atoms with Crippen molar-refractivity contribution in [3.8, 4) is 0 Å². The van der Waals surface area contributed by atoms with E-state index in [-0.39, 0.29) is 12.3 Å². The minimum atomic E-state index is -0.492. The van der Waals surface area contributed by atoms with Crippen LogP contribution in [0.4, 0.5) is 11.4 Å². The number of hydrogen-bond donors (Lipinski definition) is 1. The standard InChI is InChI=1S/C19H20N2O4/c1-3-21(16-10-5-4-6-11-16)18(23)13-17(22)20-15-9-7-8-14(12-15)19(24)25-2/h4-12H,3,13H2,1-2H3,(H,20,22). The Morgan fingerprint density at radius 1 is 1.04 bits per heavy atom. The van der Waals surface area contributed by atoms with Gasteiger partial charge in [0.1, 0.15) is 6.42 Å². The van der Waals surface area contributed by atoms with Crippen molar-refractivity contribution >= 4 is 29.2 Å². The number of nitrogens with one attached hydrogen (secondary N) is 1. The molecule has 0 heterocycles. The van der Waals surface area contributed by atoms with Gasteiger partial charge in [-0.1, -0.05) is 24.3 Å². The topological polar surface area (TPSA) is 75.7 Å². The van der Waals surface area contributed by atoms with E-state index in [2.05, 4.69) is 10.1 Å². The van der Waals surface area contributed by atoms with Gasteiger partial charge in [-0.15, -0.1) is 0 Å². The number of benzene rings is 2. The second-order valence-corrected chi connectivity index (χ2v) is 5.27. The highest BCUT2D eigenvalue weighted by atomic mass is 16.5. The van der Waals surface area contributed by atoms with Crippen molar-refractivity contribution in [3.63, 3.8) is 0 Å². The van der Waals surface area contributed by atoms with Crippen molar-refractivity contribution in [1.29, 1.82) is 0 Å². The van der Waals surface area contributed by atoms with Gasteiger partial charge < -0.3 is 15.0 Å². The summed E-state index contributed by atoms with van der Waals surface area (Å²) in [6.07, 6.45) is -0.287. The van der Waals surface area contributed by atoms with Crippen molar-refractivity contribution in [2.24, 2.45) is 0 Å². The monoisotopic (exact) mass is 340 g/mol. The zero-order chi connectivity index (χ0) is 18.2. The van der Waals surface area contributed by atoms with Crippen LogP contribution < -0.4 is 10.2 Å². The van der Waals surface area contributed by atoms with Gasteiger partial charge in [-0.2, -0.15) is 0 Å². The lowest BCUT2D eigenvalue weighted by Crippen LogP contribution is -2.33. The predicted octanol–water partition coefficient (Wildman–Crippen LogP) is 2.85. The van der Waals surface area contributed by atoms with Gasteiger partial charge in [0.05, 0.1) is 12.7 Å². The van der Waals surface area contributed by atoms with Crippen molar-refractivity contribution < 1.29 is 19.1 Å². The molecule has 0 radical (unpaired) electrons. The number of para-hydroxylation sites is 1. The third-order valence-corrected chi connectivity index (χ3v) is 3.56. The van der Waals surface area contributed by atoms with Gasteiger partial charge in [0.15, 0.2) is 0 Å². The van der Waals surface area contributed by atoms with Crippen LogP contribution in [0.1, 0.15) is 23.7 Å². The first-order chi connectivity index (χ1) is 12.0. The maximum Gasteiger partial charge on any atom is 0.337 e. The molecule has 0 unspecified atom stereocenters. The van der Waals surface area contributed by atoms with Crippen LogP contribution in [0.5, 0.6) is 0 Å². The molecule has 0 aromatic heterocycles. The summed E-state index contributed by atoms with van der Waals surface area (Å²) in [6, 6.07) is 15.5. The highest BCUT2D eigenvalue weighted by Crippen LogP contribution is 2.15. The number of hydrogen-bond acceptors (Lipinski definition) is 4. The number of anilines is 2. The molecular weight excluding hydrogens is 320 g/mol. The summed E-state index contributed by atoms with van der Waals surface area (Å²) in [5.41, 5.74) is 1.50. The van der Waals surface area contributed by atoms with E-state index in [0.717, 1.165) is 5.69 Å². The first-order valence-corrected chi connectivity index (χ1v) is 7.88. The summed E-state index contributed by atoms with van der Waals surface area (Å²) in [4.78, 5) is 37.6. The fourth-order valence-electron chi connectivity index (χ4n) is 2.39. The predicted molar refractivity (Wildman–Crippen MR) is 95.5 cm³/mol. The lowest BCUT2D eigenvalue weighted by atomic mass is 10.2. The molecule has 0 saturated carbocycles.